The highest BCUT2D eigenvalue weighted by Gasteiger charge is 2.13. The third kappa shape index (κ3) is 3.77. The van der Waals surface area contributed by atoms with Crippen molar-refractivity contribution in [3.05, 3.63) is 53.1 Å². The third-order valence-electron chi connectivity index (χ3n) is 4.05. The molecule has 2 aromatic rings. The largest absolute Gasteiger partial charge is 0.507 e. The molecule has 0 bridgehead atoms. The van der Waals surface area contributed by atoms with Gasteiger partial charge in [0.05, 0.1) is 5.56 Å². The van der Waals surface area contributed by atoms with Crippen LogP contribution in [-0.2, 0) is 0 Å². The number of piperidine rings is 1. The number of hydrogen-bond acceptors (Lipinski definition) is 3. The minimum Gasteiger partial charge on any atom is -0.507 e. The molecule has 0 aliphatic carbocycles. The average Bonchev–Trinajstić information content (AvgIpc) is 2.58. The minimum absolute atomic E-state index is 0.0863. The summed E-state index contributed by atoms with van der Waals surface area (Å²) in [5.74, 6) is -0.465. The van der Waals surface area contributed by atoms with Crippen LogP contribution in [-0.4, -0.2) is 24.1 Å². The Morgan fingerprint density at radius 2 is 1.74 bits per heavy atom. The lowest BCUT2D eigenvalue weighted by Crippen LogP contribution is -2.29. The number of anilines is 2. The predicted molar refractivity (Wildman–Crippen MR) is 93.6 cm³/mol. The molecule has 120 valence electrons. The van der Waals surface area contributed by atoms with E-state index in [-0.39, 0.29) is 17.2 Å². The number of carbonyl (C=O) groups is 1. The Kier molecular flexibility index (Phi) is 4.72. The Morgan fingerprint density at radius 1 is 1.04 bits per heavy atom. The van der Waals surface area contributed by atoms with E-state index in [4.69, 9.17) is 11.6 Å². The Balaban J connectivity index is 1.70. The molecule has 0 aromatic heterocycles. The monoisotopic (exact) mass is 330 g/mol. The fourth-order valence-electron chi connectivity index (χ4n) is 2.80. The summed E-state index contributed by atoms with van der Waals surface area (Å²) in [6, 6.07) is 12.2. The maximum Gasteiger partial charge on any atom is 0.259 e. The number of benzene rings is 2. The summed E-state index contributed by atoms with van der Waals surface area (Å²) in [5, 5.41) is 13.0. The van der Waals surface area contributed by atoms with Gasteiger partial charge in [0, 0.05) is 29.5 Å². The summed E-state index contributed by atoms with van der Waals surface area (Å²) in [4.78, 5) is 14.6. The van der Waals surface area contributed by atoms with Crippen LogP contribution in [0.25, 0.3) is 0 Å². The van der Waals surface area contributed by atoms with Crippen molar-refractivity contribution in [3.63, 3.8) is 0 Å². The first kappa shape index (κ1) is 15.7. The second-order valence-corrected chi connectivity index (χ2v) is 6.15. The van der Waals surface area contributed by atoms with Crippen molar-refractivity contribution in [2.24, 2.45) is 0 Å². The van der Waals surface area contributed by atoms with Gasteiger partial charge < -0.3 is 15.3 Å². The van der Waals surface area contributed by atoms with Crippen LogP contribution in [0.2, 0.25) is 5.02 Å². The Hall–Kier alpha value is -2.20. The maximum absolute atomic E-state index is 12.2. The van der Waals surface area contributed by atoms with Crippen molar-refractivity contribution in [1.29, 1.82) is 0 Å². The molecule has 23 heavy (non-hydrogen) atoms. The van der Waals surface area contributed by atoms with Crippen molar-refractivity contribution in [1.82, 2.24) is 0 Å². The zero-order chi connectivity index (χ0) is 16.2. The number of phenolic OH excluding ortho intramolecular Hbond substituents is 1. The van der Waals surface area contributed by atoms with E-state index in [0.717, 1.165) is 13.1 Å². The topological polar surface area (TPSA) is 52.6 Å². The highest BCUT2D eigenvalue weighted by molar-refractivity contribution is 6.31. The van der Waals surface area contributed by atoms with Crippen LogP contribution in [0, 0.1) is 0 Å². The summed E-state index contributed by atoms with van der Waals surface area (Å²) in [7, 11) is 0. The van der Waals surface area contributed by atoms with Crippen LogP contribution in [0.15, 0.2) is 42.5 Å². The molecule has 1 heterocycles. The number of amides is 1. The quantitative estimate of drug-likeness (QED) is 0.882. The fraction of sp³-hybridized carbons (Fsp3) is 0.278. The van der Waals surface area contributed by atoms with Crippen LogP contribution < -0.4 is 10.2 Å². The first-order valence-electron chi connectivity index (χ1n) is 7.78. The van der Waals surface area contributed by atoms with Crippen molar-refractivity contribution in [2.45, 2.75) is 19.3 Å². The van der Waals surface area contributed by atoms with Gasteiger partial charge >= 0.3 is 0 Å². The van der Waals surface area contributed by atoms with Crippen molar-refractivity contribution < 1.29 is 9.90 Å². The first-order valence-corrected chi connectivity index (χ1v) is 8.16. The van der Waals surface area contributed by atoms with Crippen molar-refractivity contribution in [3.8, 4) is 5.75 Å². The molecule has 1 amide bonds. The molecule has 0 spiro atoms. The minimum atomic E-state index is -0.379. The molecule has 1 aliphatic heterocycles. The third-order valence-corrected chi connectivity index (χ3v) is 4.28. The molecule has 0 radical (unpaired) electrons. The highest BCUT2D eigenvalue weighted by Crippen LogP contribution is 2.24. The van der Waals surface area contributed by atoms with Gasteiger partial charge in [0.2, 0.25) is 0 Å². The van der Waals surface area contributed by atoms with E-state index in [1.54, 1.807) is 6.07 Å². The molecule has 0 atom stereocenters. The molecule has 2 aromatic carbocycles. The molecule has 1 fully saturated rings. The first-order chi connectivity index (χ1) is 11.1. The molecule has 0 unspecified atom stereocenters. The molecule has 1 aliphatic rings. The second kappa shape index (κ2) is 6.92. The van der Waals surface area contributed by atoms with Gasteiger partial charge in [-0.1, -0.05) is 11.6 Å². The number of halogens is 1. The lowest BCUT2D eigenvalue weighted by molar-refractivity contribution is 0.102. The lowest BCUT2D eigenvalue weighted by atomic mass is 10.1. The Labute approximate surface area is 140 Å². The summed E-state index contributed by atoms with van der Waals surface area (Å²) < 4.78 is 0. The number of hydrogen-bond donors (Lipinski definition) is 2. The predicted octanol–water partition coefficient (Wildman–Crippen LogP) is 4.29. The number of phenols is 1. The summed E-state index contributed by atoms with van der Waals surface area (Å²) in [6.45, 7) is 2.17. The van der Waals surface area contributed by atoms with Gasteiger partial charge in [0.25, 0.3) is 5.91 Å². The zero-order valence-electron chi connectivity index (χ0n) is 12.8. The number of aromatic hydroxyl groups is 1. The van der Waals surface area contributed by atoms with Crippen LogP contribution in [0.1, 0.15) is 29.6 Å². The maximum atomic E-state index is 12.2. The molecule has 5 heteroatoms. The van der Waals surface area contributed by atoms with E-state index in [1.165, 1.54) is 37.1 Å². The Bertz CT molecular complexity index is 695. The molecule has 2 N–H and O–H groups in total. The molecular weight excluding hydrogens is 312 g/mol. The second-order valence-electron chi connectivity index (χ2n) is 5.71. The van der Waals surface area contributed by atoms with E-state index in [9.17, 15) is 9.90 Å². The summed E-state index contributed by atoms with van der Waals surface area (Å²) in [5.41, 5.74) is 2.03. The van der Waals surface area contributed by atoms with E-state index >= 15 is 0 Å². The summed E-state index contributed by atoms with van der Waals surface area (Å²) >= 11 is 5.87. The van der Waals surface area contributed by atoms with Crippen LogP contribution >= 0.6 is 11.6 Å². The van der Waals surface area contributed by atoms with Crippen LogP contribution in [0.4, 0.5) is 11.4 Å². The van der Waals surface area contributed by atoms with E-state index in [1.807, 2.05) is 24.3 Å². The summed E-state index contributed by atoms with van der Waals surface area (Å²) in [6.07, 6.45) is 3.76. The number of rotatable bonds is 3. The standard InChI is InChI=1S/C18H19ClN2O2/c19-13-4-9-17(22)16(12-13)18(23)20-14-5-7-15(8-6-14)21-10-2-1-3-11-21/h4-9,12,22H,1-3,10-11H2,(H,20,23). The average molecular weight is 331 g/mol. The van der Waals surface area contributed by atoms with Gasteiger partial charge in [-0.15, -0.1) is 0 Å². The van der Waals surface area contributed by atoms with E-state index in [2.05, 4.69) is 10.2 Å². The Morgan fingerprint density at radius 3 is 2.43 bits per heavy atom. The van der Waals surface area contributed by atoms with Gasteiger partial charge in [-0.3, -0.25) is 4.79 Å². The molecule has 3 rings (SSSR count). The van der Waals surface area contributed by atoms with Crippen LogP contribution in [0.5, 0.6) is 5.75 Å². The van der Waals surface area contributed by atoms with Gasteiger partial charge in [-0.05, 0) is 61.7 Å². The van der Waals surface area contributed by atoms with E-state index in [0.29, 0.717) is 10.7 Å². The molecular formula is C18H19ClN2O2. The van der Waals surface area contributed by atoms with Gasteiger partial charge in [-0.25, -0.2) is 0 Å². The zero-order valence-corrected chi connectivity index (χ0v) is 13.5. The van der Waals surface area contributed by atoms with E-state index < -0.39 is 0 Å². The van der Waals surface area contributed by atoms with Crippen molar-refractivity contribution in [2.75, 3.05) is 23.3 Å². The van der Waals surface area contributed by atoms with Crippen molar-refractivity contribution >= 4 is 28.9 Å². The normalized spacial score (nSPS) is 14.6. The van der Waals surface area contributed by atoms with Gasteiger partial charge in [-0.2, -0.15) is 0 Å². The number of nitrogens with one attached hydrogen (secondary N) is 1. The van der Waals surface area contributed by atoms with Gasteiger partial charge in [0.1, 0.15) is 5.75 Å². The highest BCUT2D eigenvalue weighted by atomic mass is 35.5. The van der Waals surface area contributed by atoms with Crippen LogP contribution in [0.3, 0.4) is 0 Å². The number of carbonyl (C=O) groups excluding carboxylic acids is 1. The fourth-order valence-corrected chi connectivity index (χ4v) is 2.97. The number of nitrogens with zero attached hydrogens (tertiary/aromatic N) is 1. The lowest BCUT2D eigenvalue weighted by Gasteiger charge is -2.28. The van der Waals surface area contributed by atoms with Gasteiger partial charge in [0.15, 0.2) is 0 Å². The SMILES string of the molecule is O=C(Nc1ccc(N2CCCCC2)cc1)c1cc(Cl)ccc1O. The molecule has 1 saturated heterocycles. The molecule has 0 saturated carbocycles. The molecule has 4 nitrogen and oxygen atoms in total. The smallest absolute Gasteiger partial charge is 0.259 e.